The Balaban J connectivity index is 2.03. The number of ether oxygens (including phenoxy) is 1. The number of rotatable bonds is 10. The summed E-state index contributed by atoms with van der Waals surface area (Å²) >= 11 is 0. The molecular weight excluding hydrogens is 526 g/mol. The number of nitrogens with zero attached hydrogens (tertiary/aromatic N) is 2. The van der Waals surface area contributed by atoms with E-state index in [1.807, 2.05) is 58.9 Å². The molecule has 8 nitrogen and oxygen atoms in total. The summed E-state index contributed by atoms with van der Waals surface area (Å²) in [5.74, 6) is -0.287. The number of hydrogen-bond donors (Lipinski definition) is 1. The minimum atomic E-state index is -4.13. The highest BCUT2D eigenvalue weighted by Gasteiger charge is 2.33. The third-order valence-electron chi connectivity index (χ3n) is 6.39. The van der Waals surface area contributed by atoms with E-state index < -0.39 is 34.1 Å². The Labute approximate surface area is 238 Å². The second kappa shape index (κ2) is 12.6. The van der Waals surface area contributed by atoms with E-state index in [9.17, 15) is 18.0 Å². The molecule has 1 atom stereocenters. The molecule has 1 N–H and O–H groups in total. The van der Waals surface area contributed by atoms with Gasteiger partial charge in [-0.3, -0.25) is 13.9 Å². The Bertz CT molecular complexity index is 1410. The first-order valence-corrected chi connectivity index (χ1v) is 14.6. The number of nitrogens with one attached hydrogen (secondary N) is 1. The van der Waals surface area contributed by atoms with Crippen molar-refractivity contribution >= 4 is 27.5 Å². The van der Waals surface area contributed by atoms with Gasteiger partial charge in [-0.1, -0.05) is 47.5 Å². The first kappa shape index (κ1) is 30.7. The van der Waals surface area contributed by atoms with Crippen molar-refractivity contribution in [3.05, 3.63) is 89.5 Å². The number of methoxy groups -OCH3 is 1. The molecule has 0 aliphatic heterocycles. The van der Waals surface area contributed by atoms with Crippen LogP contribution < -0.4 is 14.4 Å². The Morgan fingerprint density at radius 1 is 0.875 bits per heavy atom. The summed E-state index contributed by atoms with van der Waals surface area (Å²) in [5.41, 5.74) is 2.60. The SMILES string of the molecule is COc1ccc(N(CC(=O)N(Cc2ccc(C)cc2)[C@H](C)C(=O)NC(C)(C)C)S(=O)(=O)c2ccc(C)cc2)cc1. The fourth-order valence-electron chi connectivity index (χ4n) is 4.06. The highest BCUT2D eigenvalue weighted by molar-refractivity contribution is 7.92. The van der Waals surface area contributed by atoms with Gasteiger partial charge in [-0.25, -0.2) is 8.42 Å². The minimum absolute atomic E-state index is 0.0605. The molecule has 9 heteroatoms. The first-order chi connectivity index (χ1) is 18.7. The molecule has 0 aliphatic carbocycles. The van der Waals surface area contributed by atoms with E-state index in [0.29, 0.717) is 11.4 Å². The maximum atomic E-state index is 14.0. The quantitative estimate of drug-likeness (QED) is 0.380. The van der Waals surface area contributed by atoms with Crippen LogP contribution in [-0.2, 0) is 26.2 Å². The molecule has 0 saturated heterocycles. The second-order valence-corrected chi connectivity index (χ2v) is 12.8. The van der Waals surface area contributed by atoms with Crippen molar-refractivity contribution in [3.63, 3.8) is 0 Å². The number of anilines is 1. The Morgan fingerprint density at radius 2 is 1.40 bits per heavy atom. The molecule has 0 fully saturated rings. The van der Waals surface area contributed by atoms with E-state index in [0.717, 1.165) is 21.0 Å². The summed E-state index contributed by atoms with van der Waals surface area (Å²) in [7, 11) is -2.61. The van der Waals surface area contributed by atoms with Gasteiger partial charge in [-0.15, -0.1) is 0 Å². The van der Waals surface area contributed by atoms with Crippen molar-refractivity contribution in [2.24, 2.45) is 0 Å². The minimum Gasteiger partial charge on any atom is -0.497 e. The van der Waals surface area contributed by atoms with Gasteiger partial charge < -0.3 is 15.0 Å². The number of carbonyl (C=O) groups excluding carboxylic acids is 2. The van der Waals surface area contributed by atoms with Gasteiger partial charge in [0.15, 0.2) is 0 Å². The van der Waals surface area contributed by atoms with Gasteiger partial charge in [0.05, 0.1) is 17.7 Å². The standard InChI is InChI=1S/C31H39N3O5S/c1-22-8-12-25(13-9-22)20-33(24(3)30(36)32-31(4,5)6)29(35)21-34(26-14-16-27(39-7)17-15-26)40(37,38)28-18-10-23(2)11-19-28/h8-19,24H,20-21H2,1-7H3,(H,32,36)/t24-/m1/s1. The molecule has 0 heterocycles. The molecular formula is C31H39N3O5S. The van der Waals surface area contributed by atoms with Crippen molar-refractivity contribution in [2.75, 3.05) is 18.0 Å². The topological polar surface area (TPSA) is 96.0 Å². The lowest BCUT2D eigenvalue weighted by molar-refractivity contribution is -0.140. The zero-order valence-electron chi connectivity index (χ0n) is 24.3. The molecule has 0 aliphatic rings. The van der Waals surface area contributed by atoms with Crippen LogP contribution in [0.25, 0.3) is 0 Å². The van der Waals surface area contributed by atoms with Crippen LogP contribution in [0.15, 0.2) is 77.7 Å². The molecule has 0 spiro atoms. The molecule has 0 aromatic heterocycles. The molecule has 2 amide bonds. The average molecular weight is 566 g/mol. The van der Waals surface area contributed by atoms with Crippen LogP contribution in [0.2, 0.25) is 0 Å². The lowest BCUT2D eigenvalue weighted by Gasteiger charge is -2.33. The summed E-state index contributed by atoms with van der Waals surface area (Å²) in [6, 6.07) is 19.7. The third-order valence-corrected chi connectivity index (χ3v) is 8.18. The average Bonchev–Trinajstić information content (AvgIpc) is 2.90. The maximum Gasteiger partial charge on any atom is 0.264 e. The molecule has 0 unspecified atom stereocenters. The van der Waals surface area contributed by atoms with Gasteiger partial charge in [0.25, 0.3) is 10.0 Å². The van der Waals surface area contributed by atoms with Gasteiger partial charge in [0, 0.05) is 12.1 Å². The fourth-order valence-corrected chi connectivity index (χ4v) is 5.48. The van der Waals surface area contributed by atoms with Crippen LogP contribution >= 0.6 is 0 Å². The molecule has 214 valence electrons. The van der Waals surface area contributed by atoms with Crippen LogP contribution in [0, 0.1) is 13.8 Å². The van der Waals surface area contributed by atoms with E-state index in [1.165, 1.54) is 24.1 Å². The van der Waals surface area contributed by atoms with Crippen molar-refractivity contribution < 1.29 is 22.7 Å². The largest absolute Gasteiger partial charge is 0.497 e. The van der Waals surface area contributed by atoms with Crippen molar-refractivity contribution in [1.29, 1.82) is 0 Å². The zero-order chi connectivity index (χ0) is 29.7. The highest BCUT2D eigenvalue weighted by Crippen LogP contribution is 2.27. The number of amides is 2. The molecule has 3 rings (SSSR count). The first-order valence-electron chi connectivity index (χ1n) is 13.1. The number of aryl methyl sites for hydroxylation is 2. The predicted octanol–water partition coefficient (Wildman–Crippen LogP) is 4.84. The highest BCUT2D eigenvalue weighted by atomic mass is 32.2. The number of hydrogen-bond acceptors (Lipinski definition) is 5. The number of carbonyl (C=O) groups is 2. The number of sulfonamides is 1. The normalized spacial score (nSPS) is 12.4. The smallest absolute Gasteiger partial charge is 0.264 e. The molecule has 0 bridgehead atoms. The molecule has 3 aromatic rings. The fraction of sp³-hybridized carbons (Fsp3) is 0.355. The van der Waals surface area contributed by atoms with Gasteiger partial charge >= 0.3 is 0 Å². The Morgan fingerprint density at radius 3 is 1.90 bits per heavy atom. The molecule has 0 radical (unpaired) electrons. The van der Waals surface area contributed by atoms with Gasteiger partial charge in [0.1, 0.15) is 18.3 Å². The van der Waals surface area contributed by atoms with Crippen LogP contribution in [0.1, 0.15) is 44.4 Å². The monoisotopic (exact) mass is 565 g/mol. The second-order valence-electron chi connectivity index (χ2n) is 10.9. The van der Waals surface area contributed by atoms with Crippen molar-refractivity contribution in [3.8, 4) is 5.75 Å². The third kappa shape index (κ3) is 7.85. The zero-order valence-corrected chi connectivity index (χ0v) is 25.1. The van der Waals surface area contributed by atoms with Crippen LogP contribution in [0.4, 0.5) is 5.69 Å². The lowest BCUT2D eigenvalue weighted by atomic mass is 10.1. The van der Waals surface area contributed by atoms with Crippen LogP contribution in [0.5, 0.6) is 5.75 Å². The predicted molar refractivity (Wildman–Crippen MR) is 158 cm³/mol. The van der Waals surface area contributed by atoms with Gasteiger partial charge in [-0.2, -0.15) is 0 Å². The maximum absolute atomic E-state index is 14.0. The van der Waals surface area contributed by atoms with Crippen LogP contribution in [-0.4, -0.2) is 50.4 Å². The summed E-state index contributed by atoms with van der Waals surface area (Å²) in [6.45, 7) is 10.7. The molecule has 40 heavy (non-hydrogen) atoms. The van der Waals surface area contributed by atoms with Crippen LogP contribution in [0.3, 0.4) is 0 Å². The molecule has 3 aromatic carbocycles. The lowest BCUT2D eigenvalue weighted by Crippen LogP contribution is -2.54. The Hall–Kier alpha value is -3.85. The summed E-state index contributed by atoms with van der Waals surface area (Å²) in [6.07, 6.45) is 0. The van der Waals surface area contributed by atoms with E-state index in [1.54, 1.807) is 43.3 Å². The summed E-state index contributed by atoms with van der Waals surface area (Å²) < 4.78 is 34.1. The van der Waals surface area contributed by atoms with E-state index in [-0.39, 0.29) is 17.3 Å². The van der Waals surface area contributed by atoms with E-state index >= 15 is 0 Å². The number of benzene rings is 3. The van der Waals surface area contributed by atoms with Crippen molar-refractivity contribution in [1.82, 2.24) is 10.2 Å². The summed E-state index contributed by atoms with van der Waals surface area (Å²) in [5, 5.41) is 2.93. The molecule has 0 saturated carbocycles. The summed E-state index contributed by atoms with van der Waals surface area (Å²) in [4.78, 5) is 28.6. The van der Waals surface area contributed by atoms with Gasteiger partial charge in [0.2, 0.25) is 11.8 Å². The van der Waals surface area contributed by atoms with Crippen molar-refractivity contribution in [2.45, 2.75) is 64.6 Å². The Kier molecular flexibility index (Phi) is 9.63. The van der Waals surface area contributed by atoms with E-state index in [2.05, 4.69) is 5.32 Å². The van der Waals surface area contributed by atoms with Gasteiger partial charge in [-0.05, 0) is 83.5 Å². The van der Waals surface area contributed by atoms with E-state index in [4.69, 9.17) is 4.74 Å².